The maximum absolute atomic E-state index is 3.00. The van der Waals surface area contributed by atoms with Crippen LogP contribution in [0, 0.1) is 35.5 Å². The van der Waals surface area contributed by atoms with Crippen molar-refractivity contribution >= 4 is 0 Å². The number of unbranched alkanes of at least 4 members (excludes halogenated alkanes) is 2. The molecule has 1 aliphatic carbocycles. The fourth-order valence-electron chi connectivity index (χ4n) is 3.69. The maximum atomic E-state index is 3.00. The Hall–Kier alpha value is -0.260. The molecule has 1 fully saturated rings. The van der Waals surface area contributed by atoms with Crippen LogP contribution >= 0.6 is 0 Å². The predicted octanol–water partition coefficient (Wildman–Crippen LogP) is 9.40. The molecular weight excluding hydrogens is 300 g/mol. The molecule has 0 amide bonds. The van der Waals surface area contributed by atoms with Crippen molar-refractivity contribution in [1.82, 2.24) is 0 Å². The Balaban J connectivity index is -0.000000397. The Morgan fingerprint density at radius 1 is 0.760 bits per heavy atom. The topological polar surface area (TPSA) is 0 Å². The number of rotatable bonds is 8. The Morgan fingerprint density at radius 3 is 1.44 bits per heavy atom. The van der Waals surface area contributed by atoms with Gasteiger partial charge < -0.3 is 0 Å². The second-order valence-electron chi connectivity index (χ2n) is 8.26. The minimum absolute atomic E-state index is 0.881. The fourth-order valence-corrected chi connectivity index (χ4v) is 3.69. The van der Waals surface area contributed by atoms with E-state index < -0.39 is 0 Å². The van der Waals surface area contributed by atoms with E-state index in [9.17, 15) is 0 Å². The van der Waals surface area contributed by atoms with Gasteiger partial charge in [-0.1, -0.05) is 101 Å². The molecule has 4 unspecified atom stereocenters. The molecule has 154 valence electrons. The summed E-state index contributed by atoms with van der Waals surface area (Å²) in [6, 6.07) is 0. The highest BCUT2D eigenvalue weighted by Gasteiger charge is 2.22. The summed E-state index contributed by atoms with van der Waals surface area (Å²) in [7, 11) is 0. The van der Waals surface area contributed by atoms with Crippen LogP contribution in [0.1, 0.15) is 114 Å². The molecule has 0 heteroatoms. The smallest absolute Gasteiger partial charge is 0.0389 e. The van der Waals surface area contributed by atoms with Gasteiger partial charge in [-0.25, -0.2) is 0 Å². The highest BCUT2D eigenvalue weighted by molar-refractivity contribution is 4.72. The highest BCUT2D eigenvalue weighted by atomic mass is 14.3. The van der Waals surface area contributed by atoms with Crippen molar-refractivity contribution in [3.8, 4) is 0 Å². The van der Waals surface area contributed by atoms with Crippen LogP contribution in [-0.2, 0) is 0 Å². The summed E-state index contributed by atoms with van der Waals surface area (Å²) < 4.78 is 0. The van der Waals surface area contributed by atoms with Crippen LogP contribution in [0.3, 0.4) is 0 Å². The van der Waals surface area contributed by atoms with E-state index in [-0.39, 0.29) is 0 Å². The molecular formula is C25H54. The lowest BCUT2D eigenvalue weighted by Crippen LogP contribution is -2.22. The summed E-state index contributed by atoms with van der Waals surface area (Å²) in [4.78, 5) is 0. The standard InChI is InChI=1S/C15H32.C6H12.C2H6.C2H4/c1-7-9-10-11-13(4)15(6)14(5)12(3)8-2;1-5-3-6(2)4-5;2*1-2/h12-15H,7-11H2,1-6H3;5-6H,3-4H2,1-2H3;1-2H3;1-2H2. The number of hydrogen-bond acceptors (Lipinski definition) is 0. The molecule has 0 saturated heterocycles. The van der Waals surface area contributed by atoms with Gasteiger partial charge in [0.25, 0.3) is 0 Å². The van der Waals surface area contributed by atoms with Gasteiger partial charge in [-0.3, -0.25) is 0 Å². The summed E-state index contributed by atoms with van der Waals surface area (Å²) >= 11 is 0. The van der Waals surface area contributed by atoms with Crippen molar-refractivity contribution < 1.29 is 0 Å². The minimum atomic E-state index is 0.881. The van der Waals surface area contributed by atoms with E-state index in [2.05, 4.69) is 68.5 Å². The van der Waals surface area contributed by atoms with Crippen molar-refractivity contribution in [3.63, 3.8) is 0 Å². The van der Waals surface area contributed by atoms with Crippen molar-refractivity contribution in [2.24, 2.45) is 35.5 Å². The van der Waals surface area contributed by atoms with Gasteiger partial charge in [-0.2, -0.15) is 0 Å². The zero-order valence-corrected chi connectivity index (χ0v) is 19.8. The van der Waals surface area contributed by atoms with E-state index in [1.807, 2.05) is 13.8 Å². The van der Waals surface area contributed by atoms with Gasteiger partial charge >= 0.3 is 0 Å². The Labute approximate surface area is 163 Å². The summed E-state index contributed by atoms with van der Waals surface area (Å²) in [5.74, 6) is 5.64. The lowest BCUT2D eigenvalue weighted by Gasteiger charge is -2.30. The molecule has 25 heavy (non-hydrogen) atoms. The first-order valence-electron chi connectivity index (χ1n) is 11.3. The lowest BCUT2D eigenvalue weighted by molar-refractivity contribution is 0.198. The first-order chi connectivity index (χ1) is 11.8. The monoisotopic (exact) mass is 354 g/mol. The molecule has 0 aromatic carbocycles. The molecule has 4 atom stereocenters. The van der Waals surface area contributed by atoms with Crippen LogP contribution in [0.15, 0.2) is 13.2 Å². The largest absolute Gasteiger partial charge is 0.106 e. The summed E-state index contributed by atoms with van der Waals surface area (Å²) in [5.41, 5.74) is 0. The average Bonchev–Trinajstić information content (AvgIpc) is 2.62. The highest BCUT2D eigenvalue weighted by Crippen LogP contribution is 2.32. The molecule has 0 aromatic rings. The third kappa shape index (κ3) is 15.7. The van der Waals surface area contributed by atoms with E-state index >= 15 is 0 Å². The quantitative estimate of drug-likeness (QED) is 0.301. The molecule has 1 saturated carbocycles. The van der Waals surface area contributed by atoms with Crippen molar-refractivity contribution in [2.75, 3.05) is 0 Å². The molecule has 0 heterocycles. The van der Waals surface area contributed by atoms with Crippen LogP contribution < -0.4 is 0 Å². The van der Waals surface area contributed by atoms with Gasteiger partial charge in [0.1, 0.15) is 0 Å². The number of hydrogen-bond donors (Lipinski definition) is 0. The van der Waals surface area contributed by atoms with E-state index in [0.29, 0.717) is 0 Å². The average molecular weight is 355 g/mol. The van der Waals surface area contributed by atoms with Crippen LogP contribution in [-0.4, -0.2) is 0 Å². The summed E-state index contributed by atoms with van der Waals surface area (Å²) in [6.45, 7) is 29.0. The van der Waals surface area contributed by atoms with Gasteiger partial charge in [0.15, 0.2) is 0 Å². The maximum Gasteiger partial charge on any atom is -0.0389 e. The van der Waals surface area contributed by atoms with E-state index in [4.69, 9.17) is 0 Å². The molecule has 0 aliphatic heterocycles. The second-order valence-corrected chi connectivity index (χ2v) is 8.26. The molecule has 0 nitrogen and oxygen atoms in total. The molecule has 1 aliphatic rings. The van der Waals surface area contributed by atoms with Gasteiger partial charge in [0.2, 0.25) is 0 Å². The predicted molar refractivity (Wildman–Crippen MR) is 121 cm³/mol. The van der Waals surface area contributed by atoms with Crippen molar-refractivity contribution in [1.29, 1.82) is 0 Å². The third-order valence-electron chi connectivity index (χ3n) is 6.14. The van der Waals surface area contributed by atoms with Gasteiger partial charge in [-0.15, -0.1) is 13.2 Å². The first-order valence-corrected chi connectivity index (χ1v) is 11.3. The van der Waals surface area contributed by atoms with Gasteiger partial charge in [0, 0.05) is 0 Å². The van der Waals surface area contributed by atoms with Crippen molar-refractivity contribution in [3.05, 3.63) is 13.2 Å². The molecule has 1 rings (SSSR count). The third-order valence-corrected chi connectivity index (χ3v) is 6.14. The second kappa shape index (κ2) is 20.1. The molecule has 0 bridgehead atoms. The summed E-state index contributed by atoms with van der Waals surface area (Å²) in [5, 5.41) is 0. The zero-order valence-electron chi connectivity index (χ0n) is 19.8. The lowest BCUT2D eigenvalue weighted by atomic mass is 9.76. The molecule has 0 N–H and O–H groups in total. The van der Waals surface area contributed by atoms with Crippen LogP contribution in [0.25, 0.3) is 0 Å². The summed E-state index contributed by atoms with van der Waals surface area (Å²) in [6.07, 6.45) is 9.88. The molecule has 0 spiro atoms. The van der Waals surface area contributed by atoms with E-state index in [1.165, 1.54) is 44.9 Å². The van der Waals surface area contributed by atoms with E-state index in [0.717, 1.165) is 35.5 Å². The van der Waals surface area contributed by atoms with Crippen molar-refractivity contribution in [2.45, 2.75) is 114 Å². The van der Waals surface area contributed by atoms with Crippen LogP contribution in [0.4, 0.5) is 0 Å². The van der Waals surface area contributed by atoms with Crippen LogP contribution in [0.2, 0.25) is 0 Å². The Bertz CT molecular complexity index is 232. The molecule has 0 radical (unpaired) electrons. The normalized spacial score (nSPS) is 23.0. The first kappa shape index (κ1) is 29.5. The van der Waals surface area contributed by atoms with Gasteiger partial charge in [0.05, 0.1) is 0 Å². The molecule has 0 aromatic heterocycles. The Morgan fingerprint density at radius 2 is 1.16 bits per heavy atom. The zero-order chi connectivity index (χ0) is 20.4. The fraction of sp³-hybridized carbons (Fsp3) is 0.920. The van der Waals surface area contributed by atoms with Gasteiger partial charge in [-0.05, 0) is 48.3 Å². The van der Waals surface area contributed by atoms with Crippen LogP contribution in [0.5, 0.6) is 0 Å². The van der Waals surface area contributed by atoms with E-state index in [1.54, 1.807) is 0 Å². The Kier molecular flexibility index (Phi) is 23.7. The SMILES string of the molecule is C=C.CC.CC1CC(C)C1.CCCCCC(C)C(C)C(C)C(C)CC. The minimum Gasteiger partial charge on any atom is -0.106 e.